The average molecular weight is 304 g/mol. The fourth-order valence-corrected chi connectivity index (χ4v) is 2.34. The van der Waals surface area contributed by atoms with Crippen molar-refractivity contribution in [3.63, 3.8) is 0 Å². The van der Waals surface area contributed by atoms with Crippen LogP contribution in [0.1, 0.15) is 22.4 Å². The number of rotatable bonds is 5. The molecule has 3 heteroatoms. The lowest BCUT2D eigenvalue weighted by molar-refractivity contribution is 0.104. The van der Waals surface area contributed by atoms with Gasteiger partial charge >= 0.3 is 0 Å². The number of nitrogens with zero attached hydrogens (tertiary/aromatic N) is 2. The predicted octanol–water partition coefficient (Wildman–Crippen LogP) is 4.48. The van der Waals surface area contributed by atoms with Crippen molar-refractivity contribution < 1.29 is 4.74 Å². The second kappa shape index (κ2) is 7.16. The molecule has 3 rings (SSSR count). The molecule has 23 heavy (non-hydrogen) atoms. The number of aryl methyl sites for hydroxylation is 2. The van der Waals surface area contributed by atoms with Gasteiger partial charge in [0.05, 0.1) is 24.6 Å². The van der Waals surface area contributed by atoms with E-state index in [1.165, 1.54) is 11.1 Å². The van der Waals surface area contributed by atoms with E-state index in [2.05, 4.69) is 48.1 Å². The van der Waals surface area contributed by atoms with Gasteiger partial charge in [-0.05, 0) is 54.8 Å². The first kappa shape index (κ1) is 15.4. The maximum atomic E-state index is 5.68. The van der Waals surface area contributed by atoms with Gasteiger partial charge < -0.3 is 4.74 Å². The predicted molar refractivity (Wildman–Crippen MR) is 91.9 cm³/mol. The van der Waals surface area contributed by atoms with Crippen LogP contribution >= 0.6 is 0 Å². The van der Waals surface area contributed by atoms with Crippen LogP contribution in [0.25, 0.3) is 11.3 Å². The lowest BCUT2D eigenvalue weighted by atomic mass is 10.0. The van der Waals surface area contributed by atoms with Crippen LogP contribution in [0, 0.1) is 13.8 Å². The van der Waals surface area contributed by atoms with Gasteiger partial charge in [0.15, 0.2) is 0 Å². The Kier molecular flexibility index (Phi) is 4.79. The van der Waals surface area contributed by atoms with Crippen molar-refractivity contribution in [1.82, 2.24) is 9.97 Å². The van der Waals surface area contributed by atoms with E-state index in [1.54, 1.807) is 6.20 Å². The molecule has 0 bridgehead atoms. The molecule has 0 atom stereocenters. The summed E-state index contributed by atoms with van der Waals surface area (Å²) in [4.78, 5) is 8.79. The zero-order valence-electron chi connectivity index (χ0n) is 13.5. The van der Waals surface area contributed by atoms with E-state index in [-0.39, 0.29) is 0 Å². The molecule has 3 aromatic rings. The molecule has 0 aliphatic heterocycles. The van der Waals surface area contributed by atoms with Crippen molar-refractivity contribution >= 4 is 0 Å². The smallest absolute Gasteiger partial charge is 0.0892 e. The summed E-state index contributed by atoms with van der Waals surface area (Å²) in [5.41, 5.74) is 6.72. The quantitative estimate of drug-likeness (QED) is 0.697. The van der Waals surface area contributed by atoms with E-state index >= 15 is 0 Å². The van der Waals surface area contributed by atoms with Crippen molar-refractivity contribution in [2.24, 2.45) is 0 Å². The monoisotopic (exact) mass is 304 g/mol. The molecule has 0 saturated carbocycles. The van der Waals surface area contributed by atoms with E-state index in [4.69, 9.17) is 4.74 Å². The summed E-state index contributed by atoms with van der Waals surface area (Å²) in [5, 5.41) is 0. The molecule has 1 aromatic carbocycles. The number of aromatic nitrogens is 2. The Balaban J connectivity index is 1.61. The van der Waals surface area contributed by atoms with E-state index in [1.807, 2.05) is 30.5 Å². The van der Waals surface area contributed by atoms with Crippen LogP contribution in [0.5, 0.6) is 0 Å². The SMILES string of the molecule is Cc1ccc(-c2ccc(COCc3ccccn3)cn2)cc1C. The van der Waals surface area contributed by atoms with E-state index in [9.17, 15) is 0 Å². The van der Waals surface area contributed by atoms with Crippen molar-refractivity contribution in [2.75, 3.05) is 0 Å². The minimum Gasteiger partial charge on any atom is -0.370 e. The third kappa shape index (κ3) is 4.02. The lowest BCUT2D eigenvalue weighted by Crippen LogP contribution is -1.97. The summed E-state index contributed by atoms with van der Waals surface area (Å²) in [6.45, 7) is 5.30. The van der Waals surface area contributed by atoms with E-state index in [0.29, 0.717) is 13.2 Å². The molecule has 0 N–H and O–H groups in total. The number of benzene rings is 1. The lowest BCUT2D eigenvalue weighted by Gasteiger charge is -2.07. The van der Waals surface area contributed by atoms with Crippen molar-refractivity contribution in [1.29, 1.82) is 0 Å². The van der Waals surface area contributed by atoms with Crippen molar-refractivity contribution in [3.05, 3.63) is 83.3 Å². The fourth-order valence-electron chi connectivity index (χ4n) is 2.34. The van der Waals surface area contributed by atoms with Crippen LogP contribution in [-0.2, 0) is 18.0 Å². The molecule has 0 spiro atoms. The molecule has 3 nitrogen and oxygen atoms in total. The fraction of sp³-hybridized carbons (Fsp3) is 0.200. The van der Waals surface area contributed by atoms with Gasteiger partial charge in [-0.1, -0.05) is 24.3 Å². The number of hydrogen-bond acceptors (Lipinski definition) is 3. The van der Waals surface area contributed by atoms with Crippen LogP contribution in [0.2, 0.25) is 0 Å². The van der Waals surface area contributed by atoms with Crippen molar-refractivity contribution in [2.45, 2.75) is 27.1 Å². The molecule has 0 aliphatic carbocycles. The first-order valence-corrected chi connectivity index (χ1v) is 7.72. The third-order valence-corrected chi connectivity index (χ3v) is 3.87. The van der Waals surface area contributed by atoms with Crippen LogP contribution in [0.3, 0.4) is 0 Å². The minimum absolute atomic E-state index is 0.514. The highest BCUT2D eigenvalue weighted by atomic mass is 16.5. The molecular formula is C20H20N2O. The molecular weight excluding hydrogens is 284 g/mol. The van der Waals surface area contributed by atoms with Crippen LogP contribution in [0.15, 0.2) is 60.9 Å². The van der Waals surface area contributed by atoms with Gasteiger partial charge in [-0.15, -0.1) is 0 Å². The first-order valence-electron chi connectivity index (χ1n) is 7.72. The second-order valence-corrected chi connectivity index (χ2v) is 5.66. The zero-order valence-corrected chi connectivity index (χ0v) is 13.5. The van der Waals surface area contributed by atoms with Crippen LogP contribution < -0.4 is 0 Å². The number of hydrogen-bond donors (Lipinski definition) is 0. The molecule has 116 valence electrons. The minimum atomic E-state index is 0.514. The summed E-state index contributed by atoms with van der Waals surface area (Å²) in [6.07, 6.45) is 3.65. The maximum absolute atomic E-state index is 5.68. The molecule has 2 heterocycles. The van der Waals surface area contributed by atoms with Gasteiger partial charge in [-0.2, -0.15) is 0 Å². The molecule has 0 unspecified atom stereocenters. The van der Waals surface area contributed by atoms with Gasteiger partial charge in [0.25, 0.3) is 0 Å². The second-order valence-electron chi connectivity index (χ2n) is 5.66. The Morgan fingerprint density at radius 1 is 0.870 bits per heavy atom. The zero-order chi connectivity index (χ0) is 16.1. The summed E-state index contributed by atoms with van der Waals surface area (Å²) < 4.78 is 5.68. The average Bonchev–Trinajstić information content (AvgIpc) is 2.59. The molecule has 0 saturated heterocycles. The van der Waals surface area contributed by atoms with Gasteiger partial charge in [-0.3, -0.25) is 9.97 Å². The summed E-state index contributed by atoms with van der Waals surface area (Å²) >= 11 is 0. The van der Waals surface area contributed by atoms with Crippen molar-refractivity contribution in [3.8, 4) is 11.3 Å². The van der Waals surface area contributed by atoms with Gasteiger partial charge in [0.2, 0.25) is 0 Å². The molecule has 0 radical (unpaired) electrons. The first-order chi connectivity index (χ1) is 11.2. The highest BCUT2D eigenvalue weighted by Gasteiger charge is 2.02. The molecule has 2 aromatic heterocycles. The third-order valence-electron chi connectivity index (χ3n) is 3.87. The number of pyridine rings is 2. The Hall–Kier alpha value is -2.52. The van der Waals surface area contributed by atoms with Gasteiger partial charge in [0, 0.05) is 18.0 Å². The summed E-state index contributed by atoms with van der Waals surface area (Å²) in [7, 11) is 0. The van der Waals surface area contributed by atoms with E-state index in [0.717, 1.165) is 22.5 Å². The van der Waals surface area contributed by atoms with Crippen LogP contribution in [0.4, 0.5) is 0 Å². The highest BCUT2D eigenvalue weighted by Crippen LogP contribution is 2.20. The normalized spacial score (nSPS) is 10.7. The maximum Gasteiger partial charge on any atom is 0.0892 e. The Bertz CT molecular complexity index is 767. The summed E-state index contributed by atoms with van der Waals surface area (Å²) in [6, 6.07) is 16.4. The molecule has 0 aliphatic rings. The largest absolute Gasteiger partial charge is 0.370 e. The Labute approximate surface area is 137 Å². The Morgan fingerprint density at radius 2 is 1.78 bits per heavy atom. The number of ether oxygens (including phenoxy) is 1. The molecule has 0 amide bonds. The Morgan fingerprint density at radius 3 is 2.48 bits per heavy atom. The molecule has 0 fully saturated rings. The van der Waals surface area contributed by atoms with E-state index < -0.39 is 0 Å². The van der Waals surface area contributed by atoms with Gasteiger partial charge in [-0.25, -0.2) is 0 Å². The van der Waals surface area contributed by atoms with Crippen LogP contribution in [-0.4, -0.2) is 9.97 Å². The highest BCUT2D eigenvalue weighted by molar-refractivity contribution is 5.60. The standard InChI is InChI=1S/C20H20N2O/c1-15-6-8-18(11-16(15)2)20-9-7-17(12-22-20)13-23-14-19-5-3-4-10-21-19/h3-12H,13-14H2,1-2H3. The topological polar surface area (TPSA) is 35.0 Å². The summed E-state index contributed by atoms with van der Waals surface area (Å²) in [5.74, 6) is 0. The van der Waals surface area contributed by atoms with Gasteiger partial charge in [0.1, 0.15) is 0 Å².